The Labute approximate surface area is 111 Å². The largest absolute Gasteiger partial charge is 0.480 e. The van der Waals surface area contributed by atoms with E-state index in [-0.39, 0.29) is 16.1 Å². The Kier molecular flexibility index (Phi) is 3.74. The number of nitrogens with zero attached hydrogens (tertiary/aromatic N) is 1. The maximum absolute atomic E-state index is 10.8. The van der Waals surface area contributed by atoms with Gasteiger partial charge in [0.2, 0.25) is 0 Å². The molecule has 1 fully saturated rings. The predicted octanol–water partition coefficient (Wildman–Crippen LogP) is 2.04. The number of hydrogen-bond acceptors (Lipinski definition) is 5. The first kappa shape index (κ1) is 13.1. The first-order valence-electron chi connectivity index (χ1n) is 5.03. The quantitative estimate of drug-likeness (QED) is 0.653. The molecule has 1 aliphatic rings. The zero-order chi connectivity index (χ0) is 13.3. The molecule has 1 aliphatic heterocycles. The van der Waals surface area contributed by atoms with Gasteiger partial charge in [0.05, 0.1) is 10.3 Å². The summed E-state index contributed by atoms with van der Waals surface area (Å²) < 4.78 is 0. The maximum Gasteiger partial charge on any atom is 0.321 e. The molecule has 2 atom stereocenters. The SMILES string of the molecule is O=C(O)[C@H]1CSC(c2ccc(Cl)c([N+](=O)[O-])c2)N1. The highest BCUT2D eigenvalue weighted by Gasteiger charge is 2.31. The molecule has 1 aromatic carbocycles. The minimum Gasteiger partial charge on any atom is -0.480 e. The van der Waals surface area contributed by atoms with Crippen molar-refractivity contribution in [1.29, 1.82) is 0 Å². The Bertz CT molecular complexity index is 511. The second-order valence-electron chi connectivity index (χ2n) is 3.74. The molecule has 2 N–H and O–H groups in total. The highest BCUT2D eigenvalue weighted by molar-refractivity contribution is 7.99. The number of carboxylic acid groups (broad SMARTS) is 1. The van der Waals surface area contributed by atoms with Crippen LogP contribution in [0.5, 0.6) is 0 Å². The van der Waals surface area contributed by atoms with Crippen LogP contribution in [0.1, 0.15) is 10.9 Å². The van der Waals surface area contributed by atoms with Crippen LogP contribution in [0.25, 0.3) is 0 Å². The minimum atomic E-state index is -0.923. The summed E-state index contributed by atoms with van der Waals surface area (Å²) in [6.45, 7) is 0. The van der Waals surface area contributed by atoms with E-state index in [0.717, 1.165) is 0 Å². The van der Waals surface area contributed by atoms with Gasteiger partial charge in [-0.2, -0.15) is 0 Å². The predicted molar refractivity (Wildman–Crippen MR) is 67.9 cm³/mol. The standard InChI is InChI=1S/C10H9ClN2O4S/c11-6-2-1-5(3-8(6)13(16)17)9-12-7(4-18-9)10(14)15/h1-3,7,9,12H,4H2,(H,14,15)/t7-,9?/m1/s1. The van der Waals surface area contributed by atoms with Crippen LogP contribution in [0.15, 0.2) is 18.2 Å². The van der Waals surface area contributed by atoms with Gasteiger partial charge >= 0.3 is 5.97 Å². The number of thioether (sulfide) groups is 1. The molecule has 2 rings (SSSR count). The van der Waals surface area contributed by atoms with Crippen molar-refractivity contribution in [3.8, 4) is 0 Å². The number of nitro benzene ring substituents is 1. The fraction of sp³-hybridized carbons (Fsp3) is 0.300. The molecule has 8 heteroatoms. The first-order valence-corrected chi connectivity index (χ1v) is 6.46. The third kappa shape index (κ3) is 2.58. The number of nitrogens with one attached hydrogen (secondary N) is 1. The third-order valence-corrected chi connectivity index (χ3v) is 4.14. The fourth-order valence-electron chi connectivity index (χ4n) is 1.64. The summed E-state index contributed by atoms with van der Waals surface area (Å²) in [5.41, 5.74) is 0.482. The Balaban J connectivity index is 2.22. The molecule has 18 heavy (non-hydrogen) atoms. The van der Waals surface area contributed by atoms with Crippen molar-refractivity contribution in [3.63, 3.8) is 0 Å². The topological polar surface area (TPSA) is 92.5 Å². The molecule has 1 heterocycles. The lowest BCUT2D eigenvalue weighted by Crippen LogP contribution is -2.33. The number of aliphatic carboxylic acids is 1. The van der Waals surface area contributed by atoms with Crippen LogP contribution in [0, 0.1) is 10.1 Å². The van der Waals surface area contributed by atoms with Crippen molar-refractivity contribution in [2.24, 2.45) is 0 Å². The lowest BCUT2D eigenvalue weighted by molar-refractivity contribution is -0.384. The van der Waals surface area contributed by atoms with Gasteiger partial charge in [0.25, 0.3) is 5.69 Å². The van der Waals surface area contributed by atoms with Crippen LogP contribution in [0.4, 0.5) is 5.69 Å². The Hall–Kier alpha value is -1.31. The summed E-state index contributed by atoms with van der Waals surface area (Å²) in [5.74, 6) is -0.496. The van der Waals surface area contributed by atoms with Gasteiger partial charge in [-0.1, -0.05) is 17.7 Å². The molecule has 0 saturated carbocycles. The smallest absolute Gasteiger partial charge is 0.321 e. The molecule has 0 radical (unpaired) electrons. The Morgan fingerprint density at radius 2 is 2.33 bits per heavy atom. The number of hydrogen-bond donors (Lipinski definition) is 2. The van der Waals surface area contributed by atoms with Crippen molar-refractivity contribution < 1.29 is 14.8 Å². The van der Waals surface area contributed by atoms with Gasteiger partial charge in [-0.15, -0.1) is 11.8 Å². The van der Waals surface area contributed by atoms with Gasteiger partial charge < -0.3 is 5.11 Å². The normalized spacial score (nSPS) is 22.9. The molecule has 0 amide bonds. The van der Waals surface area contributed by atoms with E-state index >= 15 is 0 Å². The van der Waals surface area contributed by atoms with E-state index in [1.165, 1.54) is 23.9 Å². The summed E-state index contributed by atoms with van der Waals surface area (Å²) >= 11 is 7.11. The van der Waals surface area contributed by atoms with E-state index in [2.05, 4.69) is 5.32 Å². The van der Waals surface area contributed by atoms with Crippen LogP contribution in [0.3, 0.4) is 0 Å². The summed E-state index contributed by atoms with van der Waals surface area (Å²) in [4.78, 5) is 21.0. The Morgan fingerprint density at radius 3 is 2.89 bits per heavy atom. The van der Waals surface area contributed by atoms with Crippen LogP contribution >= 0.6 is 23.4 Å². The van der Waals surface area contributed by atoms with Gasteiger partial charge in [0, 0.05) is 11.8 Å². The van der Waals surface area contributed by atoms with E-state index in [9.17, 15) is 14.9 Å². The molecule has 0 aromatic heterocycles. The molecule has 1 unspecified atom stereocenters. The molecule has 1 aromatic rings. The second-order valence-corrected chi connectivity index (χ2v) is 5.28. The lowest BCUT2D eigenvalue weighted by atomic mass is 10.2. The number of rotatable bonds is 3. The molecule has 0 spiro atoms. The number of carboxylic acids is 1. The van der Waals surface area contributed by atoms with Crippen molar-refractivity contribution in [2.45, 2.75) is 11.4 Å². The summed E-state index contributed by atoms with van der Waals surface area (Å²) in [6.07, 6.45) is 0. The molecule has 1 saturated heterocycles. The second kappa shape index (κ2) is 5.13. The molecule has 6 nitrogen and oxygen atoms in total. The lowest BCUT2D eigenvalue weighted by Gasteiger charge is -2.11. The molecule has 0 bridgehead atoms. The number of carbonyl (C=O) groups is 1. The summed E-state index contributed by atoms with van der Waals surface area (Å²) in [7, 11) is 0. The molecular weight excluding hydrogens is 280 g/mol. The molecule has 0 aliphatic carbocycles. The zero-order valence-corrected chi connectivity index (χ0v) is 10.6. The summed E-state index contributed by atoms with van der Waals surface area (Å²) in [6, 6.07) is 3.85. The van der Waals surface area contributed by atoms with Gasteiger partial charge in [-0.3, -0.25) is 20.2 Å². The van der Waals surface area contributed by atoms with E-state index in [1.54, 1.807) is 6.07 Å². The minimum absolute atomic E-state index is 0.0709. The third-order valence-electron chi connectivity index (χ3n) is 2.55. The van der Waals surface area contributed by atoms with Gasteiger partial charge in [0.15, 0.2) is 0 Å². The number of halogens is 1. The number of benzene rings is 1. The van der Waals surface area contributed by atoms with Crippen molar-refractivity contribution in [1.82, 2.24) is 5.32 Å². The average Bonchev–Trinajstić information content (AvgIpc) is 2.78. The van der Waals surface area contributed by atoms with E-state index < -0.39 is 16.9 Å². The monoisotopic (exact) mass is 288 g/mol. The van der Waals surface area contributed by atoms with Crippen LogP contribution < -0.4 is 5.32 Å². The van der Waals surface area contributed by atoms with Crippen molar-refractivity contribution in [3.05, 3.63) is 38.9 Å². The van der Waals surface area contributed by atoms with Gasteiger partial charge in [0.1, 0.15) is 11.1 Å². The molecule has 96 valence electrons. The van der Waals surface area contributed by atoms with Gasteiger partial charge in [-0.05, 0) is 11.6 Å². The van der Waals surface area contributed by atoms with Crippen LogP contribution in [-0.2, 0) is 4.79 Å². The van der Waals surface area contributed by atoms with E-state index in [1.807, 2.05) is 0 Å². The first-order chi connectivity index (χ1) is 8.49. The highest BCUT2D eigenvalue weighted by atomic mass is 35.5. The summed E-state index contributed by atoms with van der Waals surface area (Å²) in [5, 5.41) is 22.3. The van der Waals surface area contributed by atoms with Crippen molar-refractivity contribution >= 4 is 35.0 Å². The maximum atomic E-state index is 10.8. The fourth-order valence-corrected chi connectivity index (χ4v) is 3.05. The Morgan fingerprint density at radius 1 is 1.61 bits per heavy atom. The van der Waals surface area contributed by atoms with Crippen LogP contribution in [0.2, 0.25) is 5.02 Å². The van der Waals surface area contributed by atoms with Crippen molar-refractivity contribution in [2.75, 3.05) is 5.75 Å². The highest BCUT2D eigenvalue weighted by Crippen LogP contribution is 2.36. The zero-order valence-electron chi connectivity index (χ0n) is 9.00. The van der Waals surface area contributed by atoms with E-state index in [0.29, 0.717) is 11.3 Å². The molecular formula is C10H9ClN2O4S. The van der Waals surface area contributed by atoms with Crippen LogP contribution in [-0.4, -0.2) is 27.8 Å². The van der Waals surface area contributed by atoms with E-state index in [4.69, 9.17) is 16.7 Å². The number of nitro groups is 1. The van der Waals surface area contributed by atoms with Gasteiger partial charge in [-0.25, -0.2) is 0 Å². The average molecular weight is 289 g/mol.